The Morgan fingerprint density at radius 3 is 2.71 bits per heavy atom. The average Bonchev–Trinajstić information content (AvgIpc) is 2.87. The molecule has 1 aliphatic rings. The van der Waals surface area contributed by atoms with Gasteiger partial charge in [-0.05, 0) is 24.8 Å². The second-order valence-corrected chi connectivity index (χ2v) is 6.40. The van der Waals surface area contributed by atoms with E-state index in [9.17, 15) is 4.79 Å². The van der Waals surface area contributed by atoms with E-state index >= 15 is 0 Å². The summed E-state index contributed by atoms with van der Waals surface area (Å²) in [4.78, 5) is 16.5. The number of nitrogens with zero attached hydrogens (tertiary/aromatic N) is 2. The van der Waals surface area contributed by atoms with Crippen LogP contribution in [0, 0.1) is 0 Å². The van der Waals surface area contributed by atoms with Crippen molar-refractivity contribution >= 4 is 17.7 Å². The topological polar surface area (TPSA) is 46.9 Å². The lowest BCUT2D eigenvalue weighted by molar-refractivity contribution is -0.121. The highest BCUT2D eigenvalue weighted by molar-refractivity contribution is 7.99. The average molecular weight is 301 g/mol. The number of nitrogens with one attached hydrogen (secondary N) is 1. The van der Waals surface area contributed by atoms with Crippen LogP contribution in [-0.4, -0.2) is 21.2 Å². The van der Waals surface area contributed by atoms with Gasteiger partial charge in [-0.1, -0.05) is 42.1 Å². The third-order valence-electron chi connectivity index (χ3n) is 4.02. The summed E-state index contributed by atoms with van der Waals surface area (Å²) in [5.41, 5.74) is 1.06. The number of aryl methyl sites for hydroxylation is 1. The molecule has 0 saturated heterocycles. The Morgan fingerprint density at radius 2 is 2.14 bits per heavy atom. The van der Waals surface area contributed by atoms with Crippen LogP contribution in [0.2, 0.25) is 0 Å². The van der Waals surface area contributed by atoms with Crippen LogP contribution < -0.4 is 5.32 Å². The van der Waals surface area contributed by atoms with Crippen LogP contribution in [0.3, 0.4) is 0 Å². The minimum absolute atomic E-state index is 0.0755. The maximum absolute atomic E-state index is 12.3. The molecule has 4 nitrogen and oxygen atoms in total. The fourth-order valence-corrected chi connectivity index (χ4v) is 3.43. The number of carbonyl (C=O) groups excluding carboxylic acids is 1. The highest BCUT2D eigenvalue weighted by Gasteiger charge is 2.39. The first-order valence-electron chi connectivity index (χ1n) is 7.16. The molecule has 0 radical (unpaired) electrons. The molecule has 1 aromatic heterocycles. The second-order valence-electron chi connectivity index (χ2n) is 5.46. The van der Waals surface area contributed by atoms with Crippen molar-refractivity contribution in [3.63, 3.8) is 0 Å². The Bertz CT molecular complexity index is 619. The molecule has 0 spiro atoms. The van der Waals surface area contributed by atoms with E-state index in [1.165, 1.54) is 23.7 Å². The zero-order valence-corrected chi connectivity index (χ0v) is 12.9. The molecule has 0 aliphatic heterocycles. The van der Waals surface area contributed by atoms with Crippen LogP contribution in [-0.2, 0) is 17.4 Å². The number of aromatic nitrogens is 2. The van der Waals surface area contributed by atoms with Crippen molar-refractivity contribution in [2.45, 2.75) is 30.0 Å². The minimum Gasteiger partial charge on any atom is -0.346 e. The van der Waals surface area contributed by atoms with Gasteiger partial charge in [-0.2, -0.15) is 0 Å². The van der Waals surface area contributed by atoms with Crippen molar-refractivity contribution in [2.75, 3.05) is 5.75 Å². The molecule has 0 atom stereocenters. The van der Waals surface area contributed by atoms with E-state index in [-0.39, 0.29) is 11.4 Å². The Balaban J connectivity index is 1.62. The van der Waals surface area contributed by atoms with Gasteiger partial charge in [0.1, 0.15) is 0 Å². The molecule has 1 saturated carbocycles. The Morgan fingerprint density at radius 1 is 1.38 bits per heavy atom. The van der Waals surface area contributed by atoms with Crippen molar-refractivity contribution in [3.8, 4) is 0 Å². The Kier molecular flexibility index (Phi) is 4.01. The molecular weight excluding hydrogens is 282 g/mol. The van der Waals surface area contributed by atoms with E-state index in [4.69, 9.17) is 0 Å². The predicted molar refractivity (Wildman–Crippen MR) is 84.0 cm³/mol. The summed E-state index contributed by atoms with van der Waals surface area (Å²) in [6, 6.07) is 10.3. The molecule has 1 aromatic carbocycles. The van der Waals surface area contributed by atoms with Crippen molar-refractivity contribution in [1.29, 1.82) is 0 Å². The first-order chi connectivity index (χ1) is 10.2. The maximum atomic E-state index is 12.3. The number of hydrogen-bond acceptors (Lipinski definition) is 3. The van der Waals surface area contributed by atoms with Gasteiger partial charge >= 0.3 is 0 Å². The monoisotopic (exact) mass is 301 g/mol. The molecule has 1 fully saturated rings. The molecule has 3 rings (SSSR count). The highest BCUT2D eigenvalue weighted by atomic mass is 32.2. The molecule has 2 aromatic rings. The zero-order chi connectivity index (χ0) is 14.7. The lowest BCUT2D eigenvalue weighted by Gasteiger charge is -2.43. The van der Waals surface area contributed by atoms with Gasteiger partial charge in [0.2, 0.25) is 5.91 Å². The predicted octanol–water partition coefficient (Wildman–Crippen LogP) is 2.71. The lowest BCUT2D eigenvalue weighted by Crippen LogP contribution is -2.51. The van der Waals surface area contributed by atoms with Crippen molar-refractivity contribution in [3.05, 3.63) is 48.3 Å². The largest absolute Gasteiger partial charge is 0.346 e. The van der Waals surface area contributed by atoms with Crippen LogP contribution >= 0.6 is 11.8 Å². The molecule has 0 unspecified atom stereocenters. The first kappa shape index (κ1) is 14.2. The van der Waals surface area contributed by atoms with Crippen LogP contribution in [0.5, 0.6) is 0 Å². The number of amides is 1. The zero-order valence-electron chi connectivity index (χ0n) is 12.1. The summed E-state index contributed by atoms with van der Waals surface area (Å²) in [6.07, 6.45) is 6.85. The Hall–Kier alpha value is -1.75. The van der Waals surface area contributed by atoms with Gasteiger partial charge in [-0.3, -0.25) is 4.79 Å². The second kappa shape index (κ2) is 5.93. The third-order valence-corrected chi connectivity index (χ3v) is 5.08. The van der Waals surface area contributed by atoms with Crippen LogP contribution in [0.25, 0.3) is 0 Å². The van der Waals surface area contributed by atoms with E-state index in [0.717, 1.165) is 18.0 Å². The summed E-state index contributed by atoms with van der Waals surface area (Å²) in [5, 5.41) is 4.10. The molecule has 21 heavy (non-hydrogen) atoms. The Labute approximate surface area is 129 Å². The smallest absolute Gasteiger partial charge is 0.231 e. The van der Waals surface area contributed by atoms with Gasteiger partial charge in [-0.25, -0.2) is 4.98 Å². The van der Waals surface area contributed by atoms with Crippen molar-refractivity contribution in [1.82, 2.24) is 14.9 Å². The van der Waals surface area contributed by atoms with Gasteiger partial charge in [-0.15, -0.1) is 0 Å². The summed E-state index contributed by atoms with van der Waals surface area (Å²) < 4.78 is 1.92. The van der Waals surface area contributed by atoms with Gasteiger partial charge < -0.3 is 9.88 Å². The third kappa shape index (κ3) is 2.97. The molecule has 1 heterocycles. The fourth-order valence-electron chi connectivity index (χ4n) is 2.70. The number of carbonyl (C=O) groups is 1. The van der Waals surface area contributed by atoms with Crippen molar-refractivity contribution in [2.24, 2.45) is 7.05 Å². The quantitative estimate of drug-likeness (QED) is 0.864. The first-order valence-corrected chi connectivity index (χ1v) is 8.15. The van der Waals surface area contributed by atoms with Crippen LogP contribution in [0.4, 0.5) is 0 Å². The molecule has 110 valence electrons. The van der Waals surface area contributed by atoms with Gasteiger partial charge in [0.05, 0.1) is 11.3 Å². The molecule has 1 amide bonds. The summed E-state index contributed by atoms with van der Waals surface area (Å²) in [6.45, 7) is 0. The van der Waals surface area contributed by atoms with E-state index in [0.29, 0.717) is 5.75 Å². The number of rotatable bonds is 5. The summed E-state index contributed by atoms with van der Waals surface area (Å²) in [7, 11) is 1.94. The van der Waals surface area contributed by atoms with Crippen molar-refractivity contribution < 1.29 is 4.79 Å². The molecule has 1 N–H and O–H groups in total. The summed E-state index contributed by atoms with van der Waals surface area (Å²) >= 11 is 1.47. The number of thioether (sulfide) groups is 1. The molecule has 0 bridgehead atoms. The number of hydrogen-bond donors (Lipinski definition) is 1. The van der Waals surface area contributed by atoms with Gasteiger partial charge in [0.15, 0.2) is 5.16 Å². The van der Waals surface area contributed by atoms with Gasteiger partial charge in [0.25, 0.3) is 0 Å². The van der Waals surface area contributed by atoms with E-state index in [1.54, 1.807) is 6.20 Å². The van der Waals surface area contributed by atoms with E-state index in [2.05, 4.69) is 22.4 Å². The molecule has 5 heteroatoms. The van der Waals surface area contributed by atoms with Gasteiger partial charge in [0, 0.05) is 19.4 Å². The molecular formula is C16H19N3OS. The number of benzene rings is 1. The SMILES string of the molecule is Cn1ccnc1SCC(=O)NC1(c2ccccc2)CCC1. The maximum Gasteiger partial charge on any atom is 0.231 e. The minimum atomic E-state index is -0.152. The lowest BCUT2D eigenvalue weighted by atomic mass is 9.72. The van der Waals surface area contributed by atoms with Crippen LogP contribution in [0.1, 0.15) is 24.8 Å². The normalized spacial score (nSPS) is 16.2. The van der Waals surface area contributed by atoms with Crippen LogP contribution in [0.15, 0.2) is 47.9 Å². The fraction of sp³-hybridized carbons (Fsp3) is 0.375. The van der Waals surface area contributed by atoms with E-state index < -0.39 is 0 Å². The number of imidazole rings is 1. The van der Waals surface area contributed by atoms with E-state index in [1.807, 2.05) is 36.0 Å². The highest BCUT2D eigenvalue weighted by Crippen LogP contribution is 2.41. The summed E-state index contributed by atoms with van der Waals surface area (Å²) in [5.74, 6) is 0.478. The molecule has 1 aliphatic carbocycles. The standard InChI is InChI=1S/C16H19N3OS/c1-19-11-10-17-15(19)21-12-14(20)18-16(8-5-9-16)13-6-3-2-4-7-13/h2-4,6-7,10-11H,5,8-9,12H2,1H3,(H,18,20).